The maximum Gasteiger partial charge on any atom is 0.114 e. The molecular weight excluding hydrogens is 292 g/mol. The van der Waals surface area contributed by atoms with Crippen molar-refractivity contribution < 1.29 is 0 Å². The molecule has 0 amide bonds. The largest absolute Gasteiger partial charge is 0.327 e. The van der Waals surface area contributed by atoms with Gasteiger partial charge in [-0.2, -0.15) is 0 Å². The average Bonchev–Trinajstić information content (AvgIpc) is 2.87. The second-order valence-electron chi connectivity index (χ2n) is 5.91. The molecule has 0 aliphatic heterocycles. The van der Waals surface area contributed by atoms with E-state index >= 15 is 0 Å². The van der Waals surface area contributed by atoms with Crippen molar-refractivity contribution in [2.24, 2.45) is 5.92 Å². The van der Waals surface area contributed by atoms with Crippen LogP contribution >= 0.6 is 11.6 Å². The van der Waals surface area contributed by atoms with E-state index < -0.39 is 0 Å². The van der Waals surface area contributed by atoms with Crippen LogP contribution in [-0.2, 0) is 13.0 Å². The van der Waals surface area contributed by atoms with E-state index in [0.29, 0.717) is 5.92 Å². The first-order chi connectivity index (χ1) is 10.7. The van der Waals surface area contributed by atoms with Gasteiger partial charge in [-0.1, -0.05) is 62.2 Å². The van der Waals surface area contributed by atoms with Crippen molar-refractivity contribution >= 4 is 22.6 Å². The van der Waals surface area contributed by atoms with E-state index in [1.54, 1.807) is 0 Å². The van der Waals surface area contributed by atoms with E-state index in [2.05, 4.69) is 42.7 Å². The fourth-order valence-electron chi connectivity index (χ4n) is 2.72. The molecule has 3 heteroatoms. The molecule has 1 atom stereocenters. The fourth-order valence-corrected chi connectivity index (χ4v) is 2.92. The first-order valence-electron chi connectivity index (χ1n) is 7.86. The Balaban J connectivity index is 2.04. The van der Waals surface area contributed by atoms with Crippen molar-refractivity contribution in [3.8, 4) is 0 Å². The molecule has 1 heterocycles. The van der Waals surface area contributed by atoms with Gasteiger partial charge in [-0.05, 0) is 29.7 Å². The van der Waals surface area contributed by atoms with Crippen LogP contribution in [0.4, 0.5) is 0 Å². The van der Waals surface area contributed by atoms with Gasteiger partial charge < -0.3 is 4.57 Å². The second-order valence-corrected chi connectivity index (χ2v) is 6.32. The number of nitrogens with zero attached hydrogens (tertiary/aromatic N) is 2. The van der Waals surface area contributed by atoms with Crippen LogP contribution in [0, 0.1) is 5.92 Å². The summed E-state index contributed by atoms with van der Waals surface area (Å²) in [6, 6.07) is 16.4. The maximum atomic E-state index is 6.32. The van der Waals surface area contributed by atoms with Gasteiger partial charge in [0.15, 0.2) is 0 Å². The lowest BCUT2D eigenvalue weighted by Gasteiger charge is -2.14. The van der Waals surface area contributed by atoms with E-state index in [1.165, 1.54) is 5.52 Å². The number of para-hydroxylation sites is 2. The highest BCUT2D eigenvalue weighted by Crippen LogP contribution is 2.23. The number of aromatic nitrogens is 2. The lowest BCUT2D eigenvalue weighted by molar-refractivity contribution is 0.467. The SMILES string of the molecule is CCC(C)Cn1c(Cc2ccccc2Cl)nc2ccccc21. The van der Waals surface area contributed by atoms with Crippen LogP contribution in [0.2, 0.25) is 5.02 Å². The Labute approximate surface area is 136 Å². The van der Waals surface area contributed by atoms with Gasteiger partial charge in [-0.25, -0.2) is 4.98 Å². The predicted molar refractivity (Wildman–Crippen MR) is 93.4 cm³/mol. The topological polar surface area (TPSA) is 17.8 Å². The van der Waals surface area contributed by atoms with Gasteiger partial charge in [-0.15, -0.1) is 0 Å². The molecule has 0 aliphatic carbocycles. The van der Waals surface area contributed by atoms with Gasteiger partial charge in [0.2, 0.25) is 0 Å². The summed E-state index contributed by atoms with van der Waals surface area (Å²) in [6.07, 6.45) is 1.93. The summed E-state index contributed by atoms with van der Waals surface area (Å²) in [6.45, 7) is 5.52. The number of hydrogen-bond acceptors (Lipinski definition) is 1. The first kappa shape index (κ1) is 15.1. The Morgan fingerprint density at radius 1 is 1.09 bits per heavy atom. The summed E-state index contributed by atoms with van der Waals surface area (Å²) in [4.78, 5) is 4.84. The van der Waals surface area contributed by atoms with E-state index in [4.69, 9.17) is 16.6 Å². The normalized spacial score (nSPS) is 12.7. The van der Waals surface area contributed by atoms with Crippen molar-refractivity contribution in [2.75, 3.05) is 0 Å². The molecule has 114 valence electrons. The lowest BCUT2D eigenvalue weighted by atomic mass is 10.1. The van der Waals surface area contributed by atoms with Gasteiger partial charge in [0, 0.05) is 18.0 Å². The Bertz CT molecular complexity index is 776. The molecule has 0 fully saturated rings. The zero-order valence-corrected chi connectivity index (χ0v) is 13.8. The van der Waals surface area contributed by atoms with Gasteiger partial charge in [0.05, 0.1) is 11.0 Å². The van der Waals surface area contributed by atoms with E-state index in [0.717, 1.165) is 41.3 Å². The van der Waals surface area contributed by atoms with Crippen LogP contribution in [0.15, 0.2) is 48.5 Å². The molecule has 0 spiro atoms. The molecule has 0 saturated heterocycles. The minimum absolute atomic E-state index is 0.627. The van der Waals surface area contributed by atoms with E-state index in [9.17, 15) is 0 Å². The predicted octanol–water partition coefficient (Wildman–Crippen LogP) is 5.33. The second kappa shape index (κ2) is 6.53. The van der Waals surface area contributed by atoms with Gasteiger partial charge in [0.25, 0.3) is 0 Å². The summed E-state index contributed by atoms with van der Waals surface area (Å²) < 4.78 is 2.35. The molecule has 0 N–H and O–H groups in total. The van der Waals surface area contributed by atoms with Crippen LogP contribution in [0.3, 0.4) is 0 Å². The minimum Gasteiger partial charge on any atom is -0.327 e. The van der Waals surface area contributed by atoms with E-state index in [1.807, 2.05) is 24.3 Å². The zero-order chi connectivity index (χ0) is 15.5. The van der Waals surface area contributed by atoms with Crippen molar-refractivity contribution in [3.05, 3.63) is 64.9 Å². The third-order valence-corrected chi connectivity index (χ3v) is 4.60. The van der Waals surface area contributed by atoms with E-state index in [-0.39, 0.29) is 0 Å². The van der Waals surface area contributed by atoms with Crippen molar-refractivity contribution in [1.82, 2.24) is 9.55 Å². The molecule has 2 aromatic carbocycles. The standard InChI is InChI=1S/C19H21ClN2/c1-3-14(2)13-22-18-11-7-6-10-17(18)21-19(22)12-15-8-4-5-9-16(15)20/h4-11,14H,3,12-13H2,1-2H3. The van der Waals surface area contributed by atoms with Crippen molar-refractivity contribution in [2.45, 2.75) is 33.2 Å². The molecule has 1 aromatic heterocycles. The highest BCUT2D eigenvalue weighted by Gasteiger charge is 2.14. The number of fused-ring (bicyclic) bond motifs is 1. The summed E-state index contributed by atoms with van der Waals surface area (Å²) in [7, 11) is 0. The van der Waals surface area contributed by atoms with Crippen molar-refractivity contribution in [3.63, 3.8) is 0 Å². The lowest BCUT2D eigenvalue weighted by Crippen LogP contribution is -2.10. The molecule has 22 heavy (non-hydrogen) atoms. The number of halogens is 1. The molecular formula is C19H21ClN2. The summed E-state index contributed by atoms with van der Waals surface area (Å²) in [5.74, 6) is 1.72. The van der Waals surface area contributed by atoms with Gasteiger partial charge in [0.1, 0.15) is 5.82 Å². The fraction of sp³-hybridized carbons (Fsp3) is 0.316. The Morgan fingerprint density at radius 2 is 1.82 bits per heavy atom. The number of benzene rings is 2. The Kier molecular flexibility index (Phi) is 4.49. The number of imidazole rings is 1. The third-order valence-electron chi connectivity index (χ3n) is 4.23. The number of rotatable bonds is 5. The van der Waals surface area contributed by atoms with Crippen molar-refractivity contribution in [1.29, 1.82) is 0 Å². The van der Waals surface area contributed by atoms with Gasteiger partial charge in [-0.3, -0.25) is 0 Å². The molecule has 3 rings (SSSR count). The Morgan fingerprint density at radius 3 is 2.59 bits per heavy atom. The molecule has 0 radical (unpaired) electrons. The monoisotopic (exact) mass is 312 g/mol. The average molecular weight is 313 g/mol. The molecule has 0 saturated carbocycles. The third kappa shape index (κ3) is 3.02. The summed E-state index contributed by atoms with van der Waals surface area (Å²) in [5, 5.41) is 0.810. The highest BCUT2D eigenvalue weighted by molar-refractivity contribution is 6.31. The molecule has 1 unspecified atom stereocenters. The van der Waals surface area contributed by atoms with Crippen LogP contribution in [0.5, 0.6) is 0 Å². The van der Waals surface area contributed by atoms with Crippen LogP contribution in [0.1, 0.15) is 31.7 Å². The van der Waals surface area contributed by atoms with Crippen LogP contribution < -0.4 is 0 Å². The zero-order valence-electron chi connectivity index (χ0n) is 13.1. The summed E-state index contributed by atoms with van der Waals surface area (Å²) >= 11 is 6.32. The smallest absolute Gasteiger partial charge is 0.114 e. The molecule has 0 aliphatic rings. The number of hydrogen-bond donors (Lipinski definition) is 0. The molecule has 3 aromatic rings. The van der Waals surface area contributed by atoms with Crippen LogP contribution in [0.25, 0.3) is 11.0 Å². The molecule has 0 bridgehead atoms. The quantitative estimate of drug-likeness (QED) is 0.623. The molecule has 2 nitrogen and oxygen atoms in total. The minimum atomic E-state index is 0.627. The van der Waals surface area contributed by atoms with Gasteiger partial charge >= 0.3 is 0 Å². The highest BCUT2D eigenvalue weighted by atomic mass is 35.5. The summed E-state index contributed by atoms with van der Waals surface area (Å²) in [5.41, 5.74) is 3.41. The first-order valence-corrected chi connectivity index (χ1v) is 8.24. The van der Waals surface area contributed by atoms with Crippen LogP contribution in [-0.4, -0.2) is 9.55 Å². The Hall–Kier alpha value is -1.80. The maximum absolute atomic E-state index is 6.32.